The van der Waals surface area contributed by atoms with Crippen molar-refractivity contribution >= 4 is 0 Å². The van der Waals surface area contributed by atoms with Crippen LogP contribution in [0.1, 0.15) is 51.4 Å². The van der Waals surface area contributed by atoms with Crippen LogP contribution in [0, 0.1) is 5.92 Å². The van der Waals surface area contributed by atoms with Crippen molar-refractivity contribution in [2.75, 3.05) is 19.8 Å². The summed E-state index contributed by atoms with van der Waals surface area (Å²) in [6, 6.07) is 0.186. The Hall–Kier alpha value is -0.160. The maximum Gasteiger partial charge on any atom is 0.159 e. The van der Waals surface area contributed by atoms with Crippen LogP contribution >= 0.6 is 0 Å². The molecule has 0 aromatic rings. The van der Waals surface area contributed by atoms with E-state index >= 15 is 0 Å². The molecule has 2 atom stereocenters. The summed E-state index contributed by atoms with van der Waals surface area (Å²) in [4.78, 5) is 0. The van der Waals surface area contributed by atoms with Gasteiger partial charge < -0.3 is 19.9 Å². The molecule has 0 aromatic carbocycles. The van der Waals surface area contributed by atoms with E-state index in [9.17, 15) is 0 Å². The first-order valence-corrected chi connectivity index (χ1v) is 7.90. The molecular formula is C15H27NO3. The van der Waals surface area contributed by atoms with E-state index in [2.05, 4.69) is 0 Å². The zero-order chi connectivity index (χ0) is 13.1. The van der Waals surface area contributed by atoms with E-state index in [4.69, 9.17) is 19.9 Å². The first-order chi connectivity index (χ1) is 9.27. The second-order valence-electron chi connectivity index (χ2n) is 6.42. The highest BCUT2D eigenvalue weighted by Crippen LogP contribution is 2.41. The molecule has 1 spiro atoms. The van der Waals surface area contributed by atoms with Crippen LogP contribution in [-0.4, -0.2) is 37.8 Å². The van der Waals surface area contributed by atoms with Gasteiger partial charge in [0.15, 0.2) is 6.29 Å². The van der Waals surface area contributed by atoms with Crippen molar-refractivity contribution in [3.63, 3.8) is 0 Å². The van der Waals surface area contributed by atoms with Crippen molar-refractivity contribution in [1.82, 2.24) is 0 Å². The lowest BCUT2D eigenvalue weighted by Crippen LogP contribution is -2.47. The van der Waals surface area contributed by atoms with Crippen LogP contribution < -0.4 is 5.73 Å². The van der Waals surface area contributed by atoms with E-state index in [1.54, 1.807) is 0 Å². The van der Waals surface area contributed by atoms with Crippen molar-refractivity contribution in [2.45, 2.75) is 69.3 Å². The van der Waals surface area contributed by atoms with Crippen molar-refractivity contribution in [2.24, 2.45) is 11.7 Å². The molecule has 3 rings (SSSR count). The molecule has 2 aliphatic heterocycles. The average Bonchev–Trinajstić information content (AvgIpc) is 2.92. The molecular weight excluding hydrogens is 242 g/mol. The second-order valence-corrected chi connectivity index (χ2v) is 6.42. The zero-order valence-electron chi connectivity index (χ0n) is 11.8. The Labute approximate surface area is 116 Å². The second kappa shape index (κ2) is 6.08. The fraction of sp³-hybridized carbons (Fsp3) is 1.00. The van der Waals surface area contributed by atoms with Crippen LogP contribution in [0.25, 0.3) is 0 Å². The van der Waals surface area contributed by atoms with Crippen molar-refractivity contribution < 1.29 is 14.2 Å². The van der Waals surface area contributed by atoms with Crippen LogP contribution in [0.15, 0.2) is 0 Å². The van der Waals surface area contributed by atoms with Crippen LogP contribution in [0.3, 0.4) is 0 Å². The van der Waals surface area contributed by atoms with Crippen LogP contribution in [0.4, 0.5) is 0 Å². The van der Waals surface area contributed by atoms with Gasteiger partial charge in [-0.15, -0.1) is 0 Å². The van der Waals surface area contributed by atoms with Crippen LogP contribution in [-0.2, 0) is 14.2 Å². The summed E-state index contributed by atoms with van der Waals surface area (Å²) in [6.07, 6.45) is 9.45. The molecule has 19 heavy (non-hydrogen) atoms. The van der Waals surface area contributed by atoms with Gasteiger partial charge in [0.25, 0.3) is 0 Å². The smallest absolute Gasteiger partial charge is 0.159 e. The van der Waals surface area contributed by atoms with Gasteiger partial charge in [0.05, 0.1) is 18.8 Å². The molecule has 2 unspecified atom stereocenters. The van der Waals surface area contributed by atoms with Gasteiger partial charge in [-0.2, -0.15) is 0 Å². The van der Waals surface area contributed by atoms with Gasteiger partial charge in [-0.3, -0.25) is 0 Å². The maximum absolute atomic E-state index is 6.40. The fourth-order valence-electron chi connectivity index (χ4n) is 3.93. The van der Waals surface area contributed by atoms with E-state index in [0.29, 0.717) is 5.92 Å². The summed E-state index contributed by atoms with van der Waals surface area (Å²) in [7, 11) is 0. The van der Waals surface area contributed by atoms with Crippen molar-refractivity contribution in [3.05, 3.63) is 0 Å². The summed E-state index contributed by atoms with van der Waals surface area (Å²) < 4.78 is 17.2. The average molecular weight is 269 g/mol. The third-order valence-electron chi connectivity index (χ3n) is 5.06. The quantitative estimate of drug-likeness (QED) is 0.853. The molecule has 2 saturated heterocycles. The molecule has 3 fully saturated rings. The van der Waals surface area contributed by atoms with E-state index in [0.717, 1.165) is 39.1 Å². The Balaban J connectivity index is 1.54. The van der Waals surface area contributed by atoms with Gasteiger partial charge >= 0.3 is 0 Å². The molecule has 2 heterocycles. The largest absolute Gasteiger partial charge is 0.375 e. The standard InChI is InChI=1S/C15H27NO3/c16-13(10-14-17-8-9-18-14)12-4-7-19-15(11-12)5-2-1-3-6-15/h12-14H,1-11,16H2. The lowest BCUT2D eigenvalue weighted by molar-refractivity contribution is -0.125. The van der Waals surface area contributed by atoms with Gasteiger partial charge in [-0.25, -0.2) is 0 Å². The highest BCUT2D eigenvalue weighted by atomic mass is 16.7. The Bertz CT molecular complexity index is 280. The molecule has 1 saturated carbocycles. The summed E-state index contributed by atoms with van der Waals surface area (Å²) in [5.41, 5.74) is 6.55. The normalized spacial score (nSPS) is 33.6. The van der Waals surface area contributed by atoms with E-state index in [1.807, 2.05) is 0 Å². The van der Waals surface area contributed by atoms with Gasteiger partial charge in [-0.05, 0) is 31.6 Å². The fourth-order valence-corrected chi connectivity index (χ4v) is 3.93. The predicted molar refractivity (Wildman–Crippen MR) is 72.8 cm³/mol. The molecule has 2 N–H and O–H groups in total. The zero-order valence-corrected chi connectivity index (χ0v) is 11.8. The van der Waals surface area contributed by atoms with E-state index in [-0.39, 0.29) is 17.9 Å². The Morgan fingerprint density at radius 3 is 2.53 bits per heavy atom. The van der Waals surface area contributed by atoms with Gasteiger partial charge in [0, 0.05) is 19.1 Å². The molecule has 0 bridgehead atoms. The first kappa shape index (κ1) is 13.8. The Kier molecular flexibility index (Phi) is 4.42. The lowest BCUT2D eigenvalue weighted by atomic mass is 9.74. The molecule has 4 nitrogen and oxygen atoms in total. The van der Waals surface area contributed by atoms with Gasteiger partial charge in [-0.1, -0.05) is 19.3 Å². The molecule has 3 aliphatic rings. The summed E-state index contributed by atoms with van der Waals surface area (Å²) in [6.45, 7) is 2.31. The summed E-state index contributed by atoms with van der Waals surface area (Å²) >= 11 is 0. The maximum atomic E-state index is 6.40. The van der Waals surface area contributed by atoms with Gasteiger partial charge in [0.1, 0.15) is 0 Å². The Morgan fingerprint density at radius 1 is 1.05 bits per heavy atom. The molecule has 0 radical (unpaired) electrons. The lowest BCUT2D eigenvalue weighted by Gasteiger charge is -2.45. The SMILES string of the molecule is NC(CC1OCCO1)C1CCOC2(CCCCC2)C1. The highest BCUT2D eigenvalue weighted by molar-refractivity contribution is 4.92. The van der Waals surface area contributed by atoms with Crippen molar-refractivity contribution in [3.8, 4) is 0 Å². The molecule has 0 amide bonds. The molecule has 110 valence electrons. The van der Waals surface area contributed by atoms with Crippen molar-refractivity contribution in [1.29, 1.82) is 0 Å². The minimum absolute atomic E-state index is 0.0693. The van der Waals surface area contributed by atoms with E-state index in [1.165, 1.54) is 32.1 Å². The number of hydrogen-bond acceptors (Lipinski definition) is 4. The number of rotatable bonds is 3. The van der Waals surface area contributed by atoms with Crippen LogP contribution in [0.2, 0.25) is 0 Å². The summed E-state index contributed by atoms with van der Waals surface area (Å²) in [5.74, 6) is 0.569. The number of hydrogen-bond donors (Lipinski definition) is 1. The number of ether oxygens (including phenoxy) is 3. The molecule has 1 aliphatic carbocycles. The molecule has 0 aromatic heterocycles. The summed E-state index contributed by atoms with van der Waals surface area (Å²) in [5, 5.41) is 0. The minimum Gasteiger partial charge on any atom is -0.375 e. The first-order valence-electron chi connectivity index (χ1n) is 7.90. The van der Waals surface area contributed by atoms with Crippen LogP contribution in [0.5, 0.6) is 0 Å². The molecule has 4 heteroatoms. The minimum atomic E-state index is -0.0693. The third-order valence-corrected chi connectivity index (χ3v) is 5.06. The predicted octanol–water partition coefficient (Wildman–Crippen LogP) is 2.21. The van der Waals surface area contributed by atoms with E-state index < -0.39 is 0 Å². The monoisotopic (exact) mass is 269 g/mol. The number of nitrogens with two attached hydrogens (primary N) is 1. The third kappa shape index (κ3) is 3.30. The Morgan fingerprint density at radius 2 is 1.79 bits per heavy atom. The topological polar surface area (TPSA) is 53.7 Å². The van der Waals surface area contributed by atoms with Gasteiger partial charge in [0.2, 0.25) is 0 Å². The highest BCUT2D eigenvalue weighted by Gasteiger charge is 2.40.